The summed E-state index contributed by atoms with van der Waals surface area (Å²) in [5.74, 6) is 1.30. The molecule has 36 heavy (non-hydrogen) atoms. The fourth-order valence-electron chi connectivity index (χ4n) is 4.36. The van der Waals surface area contributed by atoms with Crippen LogP contribution in [0.4, 0.5) is 0 Å². The van der Waals surface area contributed by atoms with Crippen LogP contribution < -0.4 is 14.3 Å². The van der Waals surface area contributed by atoms with Crippen molar-refractivity contribution < 1.29 is 22.3 Å². The third kappa shape index (κ3) is 4.60. The second-order valence-electron chi connectivity index (χ2n) is 8.57. The van der Waals surface area contributed by atoms with E-state index in [1.807, 2.05) is 55.5 Å². The first-order valence-corrected chi connectivity index (χ1v) is 13.0. The first kappa shape index (κ1) is 24.1. The van der Waals surface area contributed by atoms with Gasteiger partial charge in [0.2, 0.25) is 5.89 Å². The van der Waals surface area contributed by atoms with Crippen LogP contribution in [0, 0.1) is 6.92 Å². The summed E-state index contributed by atoms with van der Waals surface area (Å²) in [5, 5.41) is 1.67. The van der Waals surface area contributed by atoms with Crippen molar-refractivity contribution in [1.29, 1.82) is 0 Å². The molecule has 4 aromatic rings. The molecule has 8 nitrogen and oxygen atoms in total. The zero-order chi connectivity index (χ0) is 25.3. The molecule has 186 valence electrons. The zero-order valence-corrected chi connectivity index (χ0v) is 21.1. The molecule has 1 aliphatic rings. The number of aromatic nitrogens is 1. The van der Waals surface area contributed by atoms with Gasteiger partial charge in [0, 0.05) is 12.1 Å². The monoisotopic (exact) mass is 505 g/mol. The first-order valence-electron chi connectivity index (χ1n) is 11.5. The number of aryl methyl sites for hydroxylation is 1. The van der Waals surface area contributed by atoms with Crippen LogP contribution in [-0.2, 0) is 16.4 Å². The van der Waals surface area contributed by atoms with Gasteiger partial charge in [0.05, 0.1) is 19.1 Å². The van der Waals surface area contributed by atoms with Crippen molar-refractivity contribution in [2.75, 3.05) is 20.8 Å². The molecule has 2 heterocycles. The van der Waals surface area contributed by atoms with Crippen molar-refractivity contribution in [2.45, 2.75) is 24.3 Å². The second kappa shape index (κ2) is 9.77. The topological polar surface area (TPSA) is 93.9 Å². The number of ether oxygens (including phenoxy) is 2. The predicted octanol–water partition coefficient (Wildman–Crippen LogP) is 4.51. The summed E-state index contributed by atoms with van der Waals surface area (Å²) < 4.78 is 43.4. The maximum absolute atomic E-state index is 13.3. The minimum atomic E-state index is -3.83. The molecule has 1 aromatic heterocycles. The molecule has 1 atom stereocenters. The molecule has 0 saturated carbocycles. The lowest BCUT2D eigenvalue weighted by Crippen LogP contribution is -2.48. The number of hydrogen-bond donors (Lipinski definition) is 1. The first-order chi connectivity index (χ1) is 17.4. The molecule has 3 aromatic carbocycles. The van der Waals surface area contributed by atoms with E-state index < -0.39 is 16.1 Å². The van der Waals surface area contributed by atoms with Gasteiger partial charge in [-0.1, -0.05) is 42.0 Å². The van der Waals surface area contributed by atoms with Crippen molar-refractivity contribution >= 4 is 10.0 Å². The second-order valence-corrected chi connectivity index (χ2v) is 10.2. The highest BCUT2D eigenvalue weighted by Gasteiger charge is 2.36. The van der Waals surface area contributed by atoms with Gasteiger partial charge in [0.1, 0.15) is 11.8 Å². The Labute approximate surface area is 210 Å². The number of hydrazine groups is 1. The third-order valence-electron chi connectivity index (χ3n) is 6.25. The molecule has 0 unspecified atom stereocenters. The molecule has 0 aliphatic carbocycles. The standard InChI is InChI=1S/C27H27N3O5S/c1-18-8-14-22(15-9-18)36(31,32)29-30-17-16-19-6-4-5-7-23(19)25(30)26-28-24(27(34-3)35-26)20-10-12-21(33-2)13-11-20/h4-15,25,29H,16-17H2,1-3H3/t25-/m1/s1. The molecule has 1 N–H and O–H groups in total. The normalized spacial score (nSPS) is 15.9. The van der Waals surface area contributed by atoms with E-state index >= 15 is 0 Å². The summed E-state index contributed by atoms with van der Waals surface area (Å²) in [5.41, 5.74) is 4.33. The highest BCUT2D eigenvalue weighted by molar-refractivity contribution is 7.89. The Balaban J connectivity index is 1.56. The van der Waals surface area contributed by atoms with Crippen LogP contribution in [-0.4, -0.2) is 39.2 Å². The van der Waals surface area contributed by atoms with Gasteiger partial charge < -0.3 is 13.9 Å². The molecular weight excluding hydrogens is 478 g/mol. The molecule has 0 radical (unpaired) electrons. The molecule has 0 saturated heterocycles. The third-order valence-corrected chi connectivity index (χ3v) is 7.62. The Morgan fingerprint density at radius 1 is 0.972 bits per heavy atom. The van der Waals surface area contributed by atoms with Crippen LogP contribution in [0.3, 0.4) is 0 Å². The van der Waals surface area contributed by atoms with Crippen molar-refractivity contribution in [3.05, 3.63) is 95.4 Å². The predicted molar refractivity (Wildman–Crippen MR) is 135 cm³/mol. The molecule has 0 spiro atoms. The van der Waals surface area contributed by atoms with Crippen LogP contribution in [0.2, 0.25) is 0 Å². The number of sulfonamides is 1. The molecule has 0 amide bonds. The van der Waals surface area contributed by atoms with Gasteiger partial charge in [-0.25, -0.2) is 18.4 Å². The van der Waals surface area contributed by atoms with Crippen molar-refractivity contribution in [3.8, 4) is 23.0 Å². The summed E-state index contributed by atoms with van der Waals surface area (Å²) in [6.45, 7) is 2.35. The Bertz CT molecular complexity index is 1460. The van der Waals surface area contributed by atoms with Gasteiger partial charge >= 0.3 is 5.95 Å². The number of oxazole rings is 1. The number of rotatable bonds is 7. The maximum Gasteiger partial charge on any atom is 0.313 e. The minimum absolute atomic E-state index is 0.189. The summed E-state index contributed by atoms with van der Waals surface area (Å²) in [6, 6.07) is 21.5. The highest BCUT2D eigenvalue weighted by atomic mass is 32.2. The molecule has 0 fully saturated rings. The zero-order valence-electron chi connectivity index (χ0n) is 20.3. The minimum Gasteiger partial charge on any atom is -0.497 e. The quantitative estimate of drug-likeness (QED) is 0.395. The average Bonchev–Trinajstić information content (AvgIpc) is 3.32. The van der Waals surface area contributed by atoms with Gasteiger partial charge in [-0.3, -0.25) is 0 Å². The number of hydrogen-bond acceptors (Lipinski definition) is 7. The Morgan fingerprint density at radius 2 is 1.69 bits per heavy atom. The average molecular weight is 506 g/mol. The van der Waals surface area contributed by atoms with E-state index in [2.05, 4.69) is 4.83 Å². The number of benzene rings is 3. The van der Waals surface area contributed by atoms with Crippen LogP contribution in [0.15, 0.2) is 82.1 Å². The smallest absolute Gasteiger partial charge is 0.313 e. The van der Waals surface area contributed by atoms with Crippen molar-refractivity contribution in [1.82, 2.24) is 14.8 Å². The number of methoxy groups -OCH3 is 2. The van der Waals surface area contributed by atoms with E-state index in [-0.39, 0.29) is 10.8 Å². The fraction of sp³-hybridized carbons (Fsp3) is 0.222. The number of nitrogens with one attached hydrogen (secondary N) is 1. The van der Waals surface area contributed by atoms with Crippen LogP contribution in [0.25, 0.3) is 11.3 Å². The Kier molecular flexibility index (Phi) is 6.53. The largest absolute Gasteiger partial charge is 0.497 e. The van der Waals surface area contributed by atoms with Crippen LogP contribution in [0.5, 0.6) is 11.7 Å². The fourth-order valence-corrected chi connectivity index (χ4v) is 5.47. The van der Waals surface area contributed by atoms with E-state index in [1.165, 1.54) is 7.11 Å². The lowest BCUT2D eigenvalue weighted by molar-refractivity contribution is 0.153. The van der Waals surface area contributed by atoms with E-state index in [1.54, 1.807) is 36.4 Å². The van der Waals surface area contributed by atoms with Gasteiger partial charge in [0.25, 0.3) is 10.0 Å². The molecule has 0 bridgehead atoms. The van der Waals surface area contributed by atoms with Gasteiger partial charge in [-0.2, -0.15) is 0 Å². The van der Waals surface area contributed by atoms with Gasteiger partial charge in [0.15, 0.2) is 5.69 Å². The van der Waals surface area contributed by atoms with Gasteiger partial charge in [-0.05, 0) is 60.9 Å². The van der Waals surface area contributed by atoms with E-state index in [0.29, 0.717) is 24.6 Å². The number of nitrogens with zero attached hydrogens (tertiary/aromatic N) is 2. The van der Waals surface area contributed by atoms with Crippen molar-refractivity contribution in [3.63, 3.8) is 0 Å². The Morgan fingerprint density at radius 3 is 2.39 bits per heavy atom. The van der Waals surface area contributed by atoms with Crippen LogP contribution >= 0.6 is 0 Å². The van der Waals surface area contributed by atoms with Crippen molar-refractivity contribution in [2.24, 2.45) is 0 Å². The molecule has 9 heteroatoms. The van der Waals surface area contributed by atoms with E-state index in [9.17, 15) is 8.42 Å². The summed E-state index contributed by atoms with van der Waals surface area (Å²) in [4.78, 5) is 7.74. The van der Waals surface area contributed by atoms with E-state index in [4.69, 9.17) is 18.9 Å². The molecular formula is C27H27N3O5S. The molecule has 5 rings (SSSR count). The lowest BCUT2D eigenvalue weighted by Gasteiger charge is -2.35. The summed E-state index contributed by atoms with van der Waals surface area (Å²) >= 11 is 0. The lowest BCUT2D eigenvalue weighted by atomic mass is 9.94. The maximum atomic E-state index is 13.3. The Hall–Kier alpha value is -3.66. The van der Waals surface area contributed by atoms with E-state index in [0.717, 1.165) is 28.0 Å². The molecule has 1 aliphatic heterocycles. The highest BCUT2D eigenvalue weighted by Crippen LogP contribution is 2.39. The number of fused-ring (bicyclic) bond motifs is 1. The SMILES string of the molecule is COc1ccc(-c2nc([C@H]3c4ccccc4CCN3NS(=O)(=O)c3ccc(C)cc3)oc2OC)cc1. The van der Waals surface area contributed by atoms with Crippen LogP contribution in [0.1, 0.15) is 28.6 Å². The van der Waals surface area contributed by atoms with Gasteiger partial charge in [-0.15, -0.1) is 4.83 Å². The summed E-state index contributed by atoms with van der Waals surface area (Å²) in [7, 11) is -0.702. The summed E-state index contributed by atoms with van der Waals surface area (Å²) in [6.07, 6.45) is 0.673.